The molecule has 2 amide bonds. The molecule has 1 aromatic carbocycles. The molecular weight excluding hydrogens is 432 g/mol. The Morgan fingerprint density at radius 2 is 1.97 bits per heavy atom. The Kier molecular flexibility index (Phi) is 8.91. The lowest BCUT2D eigenvalue weighted by atomic mass is 10.1. The number of fused-ring (bicyclic) bond motifs is 2. The Morgan fingerprint density at radius 1 is 1.25 bits per heavy atom. The number of aryl methyl sites for hydroxylation is 1. The lowest BCUT2D eigenvalue weighted by Crippen LogP contribution is -2.28. The van der Waals surface area contributed by atoms with Crippen LogP contribution in [0.5, 0.6) is 5.75 Å². The SMILES string of the molecule is CC.CC.Cc1c(CO)sc2nc(C(=O)NCc3ccc4c(c3)NC(=O)CO4)[nH]c(=O)c12. The molecule has 10 heteroatoms. The molecule has 0 radical (unpaired) electrons. The first kappa shape index (κ1) is 25.0. The van der Waals surface area contributed by atoms with Crippen molar-refractivity contribution in [3.8, 4) is 5.75 Å². The van der Waals surface area contributed by atoms with Crippen LogP contribution >= 0.6 is 11.3 Å². The third-order valence-electron chi connectivity index (χ3n) is 4.39. The van der Waals surface area contributed by atoms with E-state index in [2.05, 4.69) is 20.6 Å². The highest BCUT2D eigenvalue weighted by molar-refractivity contribution is 7.18. The number of hydrogen-bond acceptors (Lipinski definition) is 7. The maximum Gasteiger partial charge on any atom is 0.287 e. The van der Waals surface area contributed by atoms with Gasteiger partial charge in [-0.25, -0.2) is 4.98 Å². The number of thiophene rings is 1. The van der Waals surface area contributed by atoms with Gasteiger partial charge in [0.05, 0.1) is 17.7 Å². The number of rotatable bonds is 4. The molecule has 172 valence electrons. The zero-order chi connectivity index (χ0) is 23.8. The van der Waals surface area contributed by atoms with Crippen molar-refractivity contribution in [2.24, 2.45) is 0 Å². The van der Waals surface area contributed by atoms with Gasteiger partial charge in [0.25, 0.3) is 17.4 Å². The lowest BCUT2D eigenvalue weighted by molar-refractivity contribution is -0.118. The van der Waals surface area contributed by atoms with Gasteiger partial charge < -0.3 is 25.5 Å². The van der Waals surface area contributed by atoms with Crippen molar-refractivity contribution in [2.75, 3.05) is 11.9 Å². The van der Waals surface area contributed by atoms with Crippen molar-refractivity contribution >= 4 is 39.1 Å². The Balaban J connectivity index is 0.000000860. The summed E-state index contributed by atoms with van der Waals surface area (Å²) in [5.41, 5.74) is 1.54. The van der Waals surface area contributed by atoms with E-state index in [0.717, 1.165) is 5.56 Å². The molecule has 3 heterocycles. The van der Waals surface area contributed by atoms with Crippen molar-refractivity contribution in [2.45, 2.75) is 47.8 Å². The summed E-state index contributed by atoms with van der Waals surface area (Å²) >= 11 is 1.18. The average molecular weight is 461 g/mol. The zero-order valence-electron chi connectivity index (χ0n) is 18.8. The van der Waals surface area contributed by atoms with E-state index in [1.165, 1.54) is 11.3 Å². The third-order valence-corrected chi connectivity index (χ3v) is 5.56. The fraction of sp³-hybridized carbons (Fsp3) is 0.364. The molecule has 0 spiro atoms. The fourth-order valence-electron chi connectivity index (χ4n) is 2.95. The van der Waals surface area contributed by atoms with Gasteiger partial charge in [-0.3, -0.25) is 14.4 Å². The predicted molar refractivity (Wildman–Crippen MR) is 125 cm³/mol. The number of ether oxygens (including phenoxy) is 1. The summed E-state index contributed by atoms with van der Waals surface area (Å²) in [4.78, 5) is 43.9. The fourth-order valence-corrected chi connectivity index (χ4v) is 3.99. The zero-order valence-corrected chi connectivity index (χ0v) is 19.6. The lowest BCUT2D eigenvalue weighted by Gasteiger charge is -2.18. The molecule has 0 saturated heterocycles. The van der Waals surface area contributed by atoms with Crippen LogP contribution in [0.2, 0.25) is 0 Å². The van der Waals surface area contributed by atoms with Gasteiger partial charge in [0.1, 0.15) is 10.6 Å². The maximum atomic E-state index is 12.4. The number of amides is 2. The number of aliphatic hydroxyl groups is 1. The average Bonchev–Trinajstić information content (AvgIpc) is 3.15. The van der Waals surface area contributed by atoms with Crippen molar-refractivity contribution < 1.29 is 19.4 Å². The van der Waals surface area contributed by atoms with Crippen LogP contribution < -0.4 is 20.9 Å². The molecule has 9 nitrogen and oxygen atoms in total. The van der Waals surface area contributed by atoms with Crippen molar-refractivity contribution in [3.05, 3.63) is 50.4 Å². The number of aromatic nitrogens is 2. The highest BCUT2D eigenvalue weighted by Crippen LogP contribution is 2.28. The Morgan fingerprint density at radius 3 is 2.66 bits per heavy atom. The van der Waals surface area contributed by atoms with Crippen LogP contribution in [0.15, 0.2) is 23.0 Å². The van der Waals surface area contributed by atoms with E-state index in [0.29, 0.717) is 32.1 Å². The molecule has 0 atom stereocenters. The molecule has 1 aliphatic rings. The summed E-state index contributed by atoms with van der Waals surface area (Å²) in [5, 5.41) is 15.1. The number of anilines is 1. The minimum Gasteiger partial charge on any atom is -0.482 e. The van der Waals surface area contributed by atoms with Crippen LogP contribution in [0, 0.1) is 6.92 Å². The van der Waals surface area contributed by atoms with E-state index in [1.807, 2.05) is 27.7 Å². The van der Waals surface area contributed by atoms with Crippen molar-refractivity contribution in [1.29, 1.82) is 0 Å². The number of benzene rings is 1. The minimum atomic E-state index is -0.534. The van der Waals surface area contributed by atoms with Crippen molar-refractivity contribution in [3.63, 3.8) is 0 Å². The standard InChI is InChI=1S/C18H16N4O5S.2C2H6/c1-8-12(6-23)28-18-14(8)16(25)21-15(22-18)17(26)19-5-9-2-3-11-10(4-9)20-13(24)7-27-11;2*1-2/h2-4,23H,5-7H2,1H3,(H,19,26)(H,20,24)(H,21,22,25);2*1-2H3. The van der Waals surface area contributed by atoms with Gasteiger partial charge in [-0.1, -0.05) is 33.8 Å². The molecule has 4 N–H and O–H groups in total. The molecule has 2 aromatic heterocycles. The van der Waals surface area contributed by atoms with E-state index >= 15 is 0 Å². The van der Waals surface area contributed by atoms with Crippen molar-refractivity contribution in [1.82, 2.24) is 15.3 Å². The number of aliphatic hydroxyl groups excluding tert-OH is 1. The predicted octanol–water partition coefficient (Wildman–Crippen LogP) is 3.10. The number of nitrogens with zero attached hydrogens (tertiary/aromatic N) is 1. The number of carbonyl (C=O) groups is 2. The number of hydrogen-bond donors (Lipinski definition) is 4. The van der Waals surface area contributed by atoms with Gasteiger partial charge >= 0.3 is 0 Å². The third kappa shape index (κ3) is 5.32. The van der Waals surface area contributed by atoms with Gasteiger partial charge in [-0.2, -0.15) is 0 Å². The quantitative estimate of drug-likeness (QED) is 0.473. The van der Waals surface area contributed by atoms with E-state index < -0.39 is 11.5 Å². The first-order chi connectivity index (χ1) is 15.5. The monoisotopic (exact) mass is 460 g/mol. The highest BCUT2D eigenvalue weighted by atomic mass is 32.1. The molecule has 0 aliphatic carbocycles. The van der Waals surface area contributed by atoms with Crippen LogP contribution in [0.3, 0.4) is 0 Å². The molecule has 3 aromatic rings. The Bertz CT molecular complexity index is 1170. The molecule has 0 fully saturated rings. The number of nitrogens with one attached hydrogen (secondary N) is 3. The number of aromatic amines is 1. The van der Waals surface area contributed by atoms with E-state index in [9.17, 15) is 19.5 Å². The van der Waals surface area contributed by atoms with Crippen LogP contribution in [-0.4, -0.2) is 33.5 Å². The summed E-state index contributed by atoms with van der Waals surface area (Å²) in [7, 11) is 0. The van der Waals surface area contributed by atoms with E-state index in [4.69, 9.17) is 4.74 Å². The van der Waals surface area contributed by atoms with Crippen LogP contribution in [0.25, 0.3) is 10.2 Å². The van der Waals surface area contributed by atoms with Gasteiger partial charge in [0.15, 0.2) is 6.61 Å². The normalized spacial score (nSPS) is 11.8. The van der Waals surface area contributed by atoms with Gasteiger partial charge in [0.2, 0.25) is 5.82 Å². The first-order valence-electron chi connectivity index (χ1n) is 10.4. The second-order valence-corrected chi connectivity index (χ2v) is 7.34. The largest absolute Gasteiger partial charge is 0.482 e. The van der Waals surface area contributed by atoms with Crippen LogP contribution in [-0.2, 0) is 17.9 Å². The minimum absolute atomic E-state index is 0.0230. The summed E-state index contributed by atoms with van der Waals surface area (Å²) in [6, 6.07) is 5.20. The topological polar surface area (TPSA) is 133 Å². The van der Waals surface area contributed by atoms with Crippen LogP contribution in [0.4, 0.5) is 5.69 Å². The van der Waals surface area contributed by atoms with Gasteiger partial charge in [-0.05, 0) is 30.2 Å². The summed E-state index contributed by atoms with van der Waals surface area (Å²) < 4.78 is 5.29. The highest BCUT2D eigenvalue weighted by Gasteiger charge is 2.18. The molecule has 0 unspecified atom stereocenters. The Labute approximate surface area is 189 Å². The molecule has 4 rings (SSSR count). The van der Waals surface area contributed by atoms with E-state index in [-0.39, 0.29) is 31.5 Å². The molecule has 0 saturated carbocycles. The molecular formula is C22H28N4O5S. The molecule has 0 bridgehead atoms. The van der Waals surface area contributed by atoms with Crippen LogP contribution in [0.1, 0.15) is 54.3 Å². The number of H-pyrrole nitrogens is 1. The first-order valence-corrected chi connectivity index (χ1v) is 11.2. The summed E-state index contributed by atoms with van der Waals surface area (Å²) in [5.74, 6) is -0.303. The van der Waals surface area contributed by atoms with E-state index in [1.54, 1.807) is 25.1 Å². The molecule has 1 aliphatic heterocycles. The van der Waals surface area contributed by atoms with Gasteiger partial charge in [0, 0.05) is 11.4 Å². The summed E-state index contributed by atoms with van der Waals surface area (Å²) in [6.07, 6.45) is 0. The summed E-state index contributed by atoms with van der Waals surface area (Å²) in [6.45, 7) is 9.70. The van der Waals surface area contributed by atoms with Gasteiger partial charge in [-0.15, -0.1) is 11.3 Å². The second kappa shape index (κ2) is 11.4. The second-order valence-electron chi connectivity index (χ2n) is 6.25. The number of carbonyl (C=O) groups excluding carboxylic acids is 2. The molecule has 32 heavy (non-hydrogen) atoms. The smallest absolute Gasteiger partial charge is 0.287 e. The Hall–Kier alpha value is -3.24. The maximum absolute atomic E-state index is 12.4.